The first kappa shape index (κ1) is 23.0. The maximum Gasteiger partial charge on any atom is 0.291 e. The van der Waals surface area contributed by atoms with E-state index in [0.717, 1.165) is 55.1 Å². The topological polar surface area (TPSA) is 58.0 Å². The van der Waals surface area contributed by atoms with Crippen LogP contribution in [0, 0.1) is 6.92 Å². The number of hydrogen-bond donors (Lipinski definition) is 1. The molecule has 1 fully saturated rings. The number of likely N-dealkylation sites (N-methyl/N-ethyl adjacent to an activating group) is 1. The number of ether oxygens (including phenoxy) is 1. The van der Waals surface area contributed by atoms with Gasteiger partial charge in [0, 0.05) is 37.6 Å². The van der Waals surface area contributed by atoms with E-state index in [1.54, 1.807) is 12.1 Å². The molecule has 1 aliphatic heterocycles. The Morgan fingerprint density at radius 1 is 0.943 bits per heavy atom. The van der Waals surface area contributed by atoms with Crippen molar-refractivity contribution in [2.75, 3.05) is 42.9 Å². The van der Waals surface area contributed by atoms with E-state index in [1.807, 2.05) is 43.3 Å². The zero-order chi connectivity index (χ0) is 24.2. The minimum Gasteiger partial charge on any atom is -0.486 e. The van der Waals surface area contributed by atoms with E-state index in [1.165, 1.54) is 11.1 Å². The van der Waals surface area contributed by atoms with E-state index in [2.05, 4.69) is 46.3 Å². The van der Waals surface area contributed by atoms with Crippen LogP contribution in [0.3, 0.4) is 0 Å². The molecule has 5 rings (SSSR count). The number of furan rings is 1. The first-order valence-electron chi connectivity index (χ1n) is 12.2. The molecule has 1 saturated heterocycles. The van der Waals surface area contributed by atoms with Gasteiger partial charge in [-0.2, -0.15) is 0 Å². The molecule has 2 heterocycles. The van der Waals surface area contributed by atoms with Gasteiger partial charge in [0.05, 0.1) is 0 Å². The summed E-state index contributed by atoms with van der Waals surface area (Å²) in [5, 5.41) is 5.27. The second-order valence-corrected chi connectivity index (χ2v) is 8.94. The van der Waals surface area contributed by atoms with Crippen molar-refractivity contribution in [3.63, 3.8) is 0 Å². The normalized spacial score (nSPS) is 14.3. The lowest BCUT2D eigenvalue weighted by molar-refractivity contribution is 0.0992. The number of nitrogens with one attached hydrogen (secondary N) is 1. The number of nitrogens with zero attached hydrogens (tertiary/aromatic N) is 2. The number of piperazine rings is 1. The monoisotopic (exact) mass is 469 g/mol. The number of anilines is 2. The number of benzene rings is 3. The summed E-state index contributed by atoms with van der Waals surface area (Å²) >= 11 is 0. The number of rotatable bonds is 7. The SMILES string of the molecule is CCN1CCN(c2ccc(NC(=O)c3ccc(COc4ccc5ccccc5c4)o3)c(C)c2)CC1. The number of carbonyl (C=O) groups is 1. The van der Waals surface area contributed by atoms with Crippen LogP contribution in [0.1, 0.15) is 28.8 Å². The fraction of sp³-hybridized carbons (Fsp3) is 0.276. The molecule has 1 aliphatic rings. The Kier molecular flexibility index (Phi) is 6.73. The van der Waals surface area contributed by atoms with Gasteiger partial charge >= 0.3 is 0 Å². The highest BCUT2D eigenvalue weighted by molar-refractivity contribution is 6.02. The van der Waals surface area contributed by atoms with E-state index in [0.29, 0.717) is 5.76 Å². The predicted molar refractivity (Wildman–Crippen MR) is 140 cm³/mol. The summed E-state index contributed by atoms with van der Waals surface area (Å²) in [6.45, 7) is 9.79. The Balaban J connectivity index is 1.18. The third-order valence-electron chi connectivity index (χ3n) is 6.63. The van der Waals surface area contributed by atoms with Gasteiger partial charge in [0.25, 0.3) is 5.91 Å². The Bertz CT molecular complexity index is 1320. The molecule has 0 spiro atoms. The van der Waals surface area contributed by atoms with Gasteiger partial charge in [-0.1, -0.05) is 37.3 Å². The van der Waals surface area contributed by atoms with Crippen LogP contribution in [0.5, 0.6) is 5.75 Å². The predicted octanol–water partition coefficient (Wildman–Crippen LogP) is 5.71. The first-order valence-corrected chi connectivity index (χ1v) is 12.2. The quantitative estimate of drug-likeness (QED) is 0.375. The second-order valence-electron chi connectivity index (χ2n) is 8.94. The highest BCUT2D eigenvalue weighted by Crippen LogP contribution is 2.25. The lowest BCUT2D eigenvalue weighted by Crippen LogP contribution is -2.46. The van der Waals surface area contributed by atoms with Crippen molar-refractivity contribution in [1.82, 2.24) is 4.90 Å². The lowest BCUT2D eigenvalue weighted by Gasteiger charge is -2.35. The van der Waals surface area contributed by atoms with Gasteiger partial charge in [0.2, 0.25) is 0 Å². The summed E-state index contributed by atoms with van der Waals surface area (Å²) in [5.74, 6) is 1.36. The third-order valence-corrected chi connectivity index (χ3v) is 6.63. The minimum atomic E-state index is -0.269. The molecule has 1 aromatic heterocycles. The van der Waals surface area contributed by atoms with E-state index in [4.69, 9.17) is 9.15 Å². The molecule has 6 heteroatoms. The average molecular weight is 470 g/mol. The van der Waals surface area contributed by atoms with Crippen molar-refractivity contribution >= 4 is 28.1 Å². The molecule has 3 aromatic carbocycles. The van der Waals surface area contributed by atoms with Crippen LogP contribution < -0.4 is 15.0 Å². The third kappa shape index (κ3) is 5.33. The van der Waals surface area contributed by atoms with Crippen LogP contribution in [-0.2, 0) is 6.61 Å². The largest absolute Gasteiger partial charge is 0.486 e. The molecule has 0 radical (unpaired) electrons. The standard InChI is InChI=1S/C29H31N3O3/c1-3-31-14-16-32(17-15-31)24-9-12-27(21(2)18-24)30-29(33)28-13-11-26(35-28)20-34-25-10-8-22-6-4-5-7-23(22)19-25/h4-13,18-19H,3,14-17,20H2,1-2H3,(H,30,33). The summed E-state index contributed by atoms with van der Waals surface area (Å²) in [4.78, 5) is 17.7. The number of hydrogen-bond acceptors (Lipinski definition) is 5. The number of aryl methyl sites for hydroxylation is 1. The van der Waals surface area contributed by atoms with E-state index >= 15 is 0 Å². The van der Waals surface area contributed by atoms with Crippen molar-refractivity contribution in [2.45, 2.75) is 20.5 Å². The van der Waals surface area contributed by atoms with Gasteiger partial charge in [-0.05, 0) is 72.3 Å². The molecule has 0 bridgehead atoms. The molecule has 1 N–H and O–H groups in total. The Hall–Kier alpha value is -3.77. The van der Waals surface area contributed by atoms with Crippen molar-refractivity contribution in [3.8, 4) is 5.75 Å². The molecule has 0 saturated carbocycles. The van der Waals surface area contributed by atoms with Crippen LogP contribution in [-0.4, -0.2) is 43.5 Å². The van der Waals surface area contributed by atoms with E-state index in [-0.39, 0.29) is 18.3 Å². The first-order chi connectivity index (χ1) is 17.1. The smallest absolute Gasteiger partial charge is 0.291 e. The van der Waals surface area contributed by atoms with E-state index in [9.17, 15) is 4.79 Å². The molecule has 35 heavy (non-hydrogen) atoms. The zero-order valence-electron chi connectivity index (χ0n) is 20.3. The molecule has 0 atom stereocenters. The minimum absolute atomic E-state index is 0.255. The Labute approximate surface area is 206 Å². The van der Waals surface area contributed by atoms with Crippen LogP contribution in [0.2, 0.25) is 0 Å². The summed E-state index contributed by atoms with van der Waals surface area (Å²) in [5.41, 5.74) is 3.01. The van der Waals surface area contributed by atoms with Crippen LogP contribution in [0.15, 0.2) is 77.2 Å². The van der Waals surface area contributed by atoms with Crippen molar-refractivity contribution < 1.29 is 13.9 Å². The molecule has 6 nitrogen and oxygen atoms in total. The molecule has 180 valence electrons. The Morgan fingerprint density at radius 3 is 2.51 bits per heavy atom. The van der Waals surface area contributed by atoms with Gasteiger partial charge in [-0.3, -0.25) is 4.79 Å². The fourth-order valence-electron chi connectivity index (χ4n) is 4.48. The maximum absolute atomic E-state index is 12.8. The van der Waals surface area contributed by atoms with Gasteiger partial charge in [-0.25, -0.2) is 0 Å². The molecular weight excluding hydrogens is 438 g/mol. The number of amides is 1. The second kappa shape index (κ2) is 10.2. The van der Waals surface area contributed by atoms with Crippen molar-refractivity contribution in [2.24, 2.45) is 0 Å². The summed E-state index contributed by atoms with van der Waals surface area (Å²) in [6.07, 6.45) is 0. The maximum atomic E-state index is 12.8. The van der Waals surface area contributed by atoms with Gasteiger partial charge in [0.15, 0.2) is 5.76 Å². The van der Waals surface area contributed by atoms with Crippen LogP contribution in [0.25, 0.3) is 10.8 Å². The number of fused-ring (bicyclic) bond motifs is 1. The van der Waals surface area contributed by atoms with Gasteiger partial charge in [-0.15, -0.1) is 0 Å². The summed E-state index contributed by atoms with van der Waals surface area (Å²) in [7, 11) is 0. The van der Waals surface area contributed by atoms with Crippen LogP contribution >= 0.6 is 0 Å². The highest BCUT2D eigenvalue weighted by Gasteiger charge is 2.17. The molecule has 0 unspecified atom stereocenters. The van der Waals surface area contributed by atoms with Gasteiger partial charge < -0.3 is 24.3 Å². The van der Waals surface area contributed by atoms with Crippen molar-refractivity contribution in [3.05, 3.63) is 89.9 Å². The zero-order valence-corrected chi connectivity index (χ0v) is 20.3. The average Bonchev–Trinajstić information content (AvgIpc) is 3.38. The molecule has 1 amide bonds. The Morgan fingerprint density at radius 2 is 1.74 bits per heavy atom. The molecule has 0 aliphatic carbocycles. The highest BCUT2D eigenvalue weighted by atomic mass is 16.5. The fourth-order valence-corrected chi connectivity index (χ4v) is 4.48. The molecular formula is C29H31N3O3. The summed E-state index contributed by atoms with van der Waals surface area (Å²) in [6, 6.07) is 23.8. The van der Waals surface area contributed by atoms with Crippen molar-refractivity contribution in [1.29, 1.82) is 0 Å². The lowest BCUT2D eigenvalue weighted by atomic mass is 10.1. The molecule has 4 aromatic rings. The van der Waals surface area contributed by atoms with Crippen LogP contribution in [0.4, 0.5) is 11.4 Å². The summed E-state index contributed by atoms with van der Waals surface area (Å²) < 4.78 is 11.6. The number of carbonyl (C=O) groups excluding carboxylic acids is 1. The van der Waals surface area contributed by atoms with E-state index < -0.39 is 0 Å². The van der Waals surface area contributed by atoms with Gasteiger partial charge in [0.1, 0.15) is 18.1 Å².